The van der Waals surface area contributed by atoms with E-state index in [1.54, 1.807) is 0 Å². The molecule has 3 rings (SSSR count). The van der Waals surface area contributed by atoms with Crippen molar-refractivity contribution >= 4 is 11.8 Å². The summed E-state index contributed by atoms with van der Waals surface area (Å²) in [5.41, 5.74) is 1.18. The molecule has 6 nitrogen and oxygen atoms in total. The van der Waals surface area contributed by atoms with Crippen molar-refractivity contribution in [2.45, 2.75) is 34.1 Å². The third kappa shape index (κ3) is 4.38. The number of aromatic nitrogens is 1. The van der Waals surface area contributed by atoms with E-state index in [2.05, 4.69) is 4.98 Å². The number of carbonyl (C=O) groups is 2. The molecule has 1 aliphatic heterocycles. The van der Waals surface area contributed by atoms with Gasteiger partial charge in [-0.2, -0.15) is 0 Å². The van der Waals surface area contributed by atoms with E-state index >= 15 is 0 Å². The van der Waals surface area contributed by atoms with E-state index in [-0.39, 0.29) is 18.2 Å². The van der Waals surface area contributed by atoms with Gasteiger partial charge in [-0.25, -0.2) is 4.98 Å². The number of piperazine rings is 1. The molecule has 1 aromatic heterocycles. The molecule has 1 fully saturated rings. The van der Waals surface area contributed by atoms with Crippen LogP contribution in [0.15, 0.2) is 34.7 Å². The first-order valence-corrected chi connectivity index (χ1v) is 9.34. The van der Waals surface area contributed by atoms with Crippen molar-refractivity contribution in [1.82, 2.24) is 14.8 Å². The molecule has 0 saturated carbocycles. The molecule has 0 atom stereocenters. The van der Waals surface area contributed by atoms with E-state index in [1.165, 1.54) is 0 Å². The Bertz CT molecular complexity index is 813. The van der Waals surface area contributed by atoms with Crippen molar-refractivity contribution in [3.05, 3.63) is 41.8 Å². The first-order valence-electron chi connectivity index (χ1n) is 9.34. The fraction of sp³-hybridized carbons (Fsp3) is 0.476. The van der Waals surface area contributed by atoms with Crippen LogP contribution >= 0.6 is 0 Å². The number of aryl methyl sites for hydroxylation is 1. The Kier molecular flexibility index (Phi) is 5.35. The molecular weight excluding hydrogens is 342 g/mol. The van der Waals surface area contributed by atoms with Crippen LogP contribution in [-0.2, 0) is 16.0 Å². The minimum Gasteiger partial charge on any atom is -0.441 e. The molecule has 0 N–H and O–H groups in total. The van der Waals surface area contributed by atoms with Gasteiger partial charge in [-0.05, 0) is 19.1 Å². The maximum atomic E-state index is 12.7. The van der Waals surface area contributed by atoms with Crippen LogP contribution in [0.2, 0.25) is 0 Å². The number of rotatable bonds is 3. The molecule has 144 valence electrons. The lowest BCUT2D eigenvalue weighted by Crippen LogP contribution is -2.53. The normalized spacial score (nSPS) is 15.1. The molecule has 2 aromatic rings. The van der Waals surface area contributed by atoms with Gasteiger partial charge in [0.15, 0.2) is 0 Å². The zero-order valence-corrected chi connectivity index (χ0v) is 16.5. The molecular formula is C21H27N3O3. The number of amides is 2. The average Bonchev–Trinajstić information content (AvgIpc) is 3.02. The standard InChI is InChI=1S/C21H27N3O3/c1-15-17(22-19(27-15)16-8-6-5-7-9-16)14-18(25)23-10-12-24(13-11-23)20(26)21(2,3)4/h5-9H,10-14H2,1-4H3. The van der Waals surface area contributed by atoms with Gasteiger partial charge in [0, 0.05) is 37.2 Å². The summed E-state index contributed by atoms with van der Waals surface area (Å²) in [5.74, 6) is 1.36. The minimum absolute atomic E-state index is 0.0221. The summed E-state index contributed by atoms with van der Waals surface area (Å²) in [6.45, 7) is 9.87. The first-order chi connectivity index (χ1) is 12.8. The Hall–Kier alpha value is -2.63. The summed E-state index contributed by atoms with van der Waals surface area (Å²) in [7, 11) is 0. The smallest absolute Gasteiger partial charge is 0.228 e. The second kappa shape index (κ2) is 7.55. The SMILES string of the molecule is Cc1oc(-c2ccccc2)nc1CC(=O)N1CCN(C(=O)C(C)(C)C)CC1. The van der Waals surface area contributed by atoms with Crippen molar-refractivity contribution in [3.8, 4) is 11.5 Å². The summed E-state index contributed by atoms with van der Waals surface area (Å²) in [6, 6.07) is 9.66. The van der Waals surface area contributed by atoms with Gasteiger partial charge in [-0.1, -0.05) is 39.0 Å². The average molecular weight is 369 g/mol. The molecule has 1 aromatic carbocycles. The monoisotopic (exact) mass is 369 g/mol. The van der Waals surface area contributed by atoms with Crippen molar-refractivity contribution in [2.24, 2.45) is 5.41 Å². The molecule has 27 heavy (non-hydrogen) atoms. The summed E-state index contributed by atoms with van der Waals surface area (Å²) < 4.78 is 5.74. The quantitative estimate of drug-likeness (QED) is 0.834. The molecule has 1 aliphatic rings. The zero-order chi connectivity index (χ0) is 19.6. The summed E-state index contributed by atoms with van der Waals surface area (Å²) >= 11 is 0. The van der Waals surface area contributed by atoms with Crippen LogP contribution in [0.25, 0.3) is 11.5 Å². The molecule has 0 bridgehead atoms. The third-order valence-electron chi connectivity index (χ3n) is 4.79. The highest BCUT2D eigenvalue weighted by atomic mass is 16.4. The number of hydrogen-bond acceptors (Lipinski definition) is 4. The fourth-order valence-corrected chi connectivity index (χ4v) is 3.18. The van der Waals surface area contributed by atoms with E-state index in [1.807, 2.05) is 67.8 Å². The molecule has 0 spiro atoms. The Morgan fingerprint density at radius 1 is 1.04 bits per heavy atom. The van der Waals surface area contributed by atoms with E-state index in [4.69, 9.17) is 4.42 Å². The van der Waals surface area contributed by atoms with E-state index in [0.29, 0.717) is 43.5 Å². The summed E-state index contributed by atoms with van der Waals surface area (Å²) in [4.78, 5) is 33.2. The topological polar surface area (TPSA) is 66.7 Å². The number of carbonyl (C=O) groups excluding carboxylic acids is 2. The minimum atomic E-state index is -0.391. The van der Waals surface area contributed by atoms with Crippen molar-refractivity contribution < 1.29 is 14.0 Å². The van der Waals surface area contributed by atoms with Gasteiger partial charge in [0.1, 0.15) is 5.76 Å². The molecule has 0 aliphatic carbocycles. The molecule has 1 saturated heterocycles. The predicted octanol–water partition coefficient (Wildman–Crippen LogP) is 2.91. The van der Waals surface area contributed by atoms with Crippen molar-refractivity contribution in [3.63, 3.8) is 0 Å². The highest BCUT2D eigenvalue weighted by Crippen LogP contribution is 2.22. The third-order valence-corrected chi connectivity index (χ3v) is 4.79. The van der Waals surface area contributed by atoms with E-state index in [9.17, 15) is 9.59 Å². The Labute approximate surface area is 160 Å². The Morgan fingerprint density at radius 3 is 2.22 bits per heavy atom. The van der Waals surface area contributed by atoms with Crippen molar-refractivity contribution in [1.29, 1.82) is 0 Å². The van der Waals surface area contributed by atoms with Gasteiger partial charge >= 0.3 is 0 Å². The Morgan fingerprint density at radius 2 is 1.63 bits per heavy atom. The number of benzene rings is 1. The second-order valence-electron chi connectivity index (χ2n) is 7.99. The number of oxazole rings is 1. The van der Waals surface area contributed by atoms with Crippen LogP contribution in [0.5, 0.6) is 0 Å². The zero-order valence-electron chi connectivity index (χ0n) is 16.5. The van der Waals surface area contributed by atoms with Gasteiger partial charge in [0.05, 0.1) is 12.1 Å². The molecule has 6 heteroatoms. The van der Waals surface area contributed by atoms with Gasteiger partial charge < -0.3 is 14.2 Å². The van der Waals surface area contributed by atoms with E-state index < -0.39 is 5.41 Å². The van der Waals surface area contributed by atoms with Crippen LogP contribution in [0.3, 0.4) is 0 Å². The molecule has 0 radical (unpaired) electrons. The number of nitrogens with zero attached hydrogens (tertiary/aromatic N) is 3. The predicted molar refractivity (Wildman–Crippen MR) is 103 cm³/mol. The lowest BCUT2D eigenvalue weighted by molar-refractivity contribution is -0.144. The van der Waals surface area contributed by atoms with Crippen molar-refractivity contribution in [2.75, 3.05) is 26.2 Å². The van der Waals surface area contributed by atoms with Gasteiger partial charge in [-0.3, -0.25) is 9.59 Å². The molecule has 2 heterocycles. The van der Waals surface area contributed by atoms with Crippen LogP contribution < -0.4 is 0 Å². The van der Waals surface area contributed by atoms with E-state index in [0.717, 1.165) is 5.56 Å². The second-order valence-corrected chi connectivity index (χ2v) is 7.99. The number of hydrogen-bond donors (Lipinski definition) is 0. The fourth-order valence-electron chi connectivity index (χ4n) is 3.18. The largest absolute Gasteiger partial charge is 0.441 e. The van der Waals surface area contributed by atoms with Crippen LogP contribution in [0, 0.1) is 12.3 Å². The van der Waals surface area contributed by atoms with Gasteiger partial charge in [-0.15, -0.1) is 0 Å². The highest BCUT2D eigenvalue weighted by Gasteiger charge is 2.31. The van der Waals surface area contributed by atoms with Gasteiger partial charge in [0.25, 0.3) is 0 Å². The highest BCUT2D eigenvalue weighted by molar-refractivity contribution is 5.82. The lowest BCUT2D eigenvalue weighted by Gasteiger charge is -2.37. The maximum absolute atomic E-state index is 12.7. The first kappa shape index (κ1) is 19.1. The maximum Gasteiger partial charge on any atom is 0.228 e. The molecule has 0 unspecified atom stereocenters. The lowest BCUT2D eigenvalue weighted by atomic mass is 9.94. The van der Waals surface area contributed by atoms with Crippen LogP contribution in [-0.4, -0.2) is 52.8 Å². The Balaban J connectivity index is 1.61. The van der Waals surface area contributed by atoms with Crippen LogP contribution in [0.1, 0.15) is 32.2 Å². The summed E-state index contributed by atoms with van der Waals surface area (Å²) in [5, 5.41) is 0. The molecule has 2 amide bonds. The summed E-state index contributed by atoms with van der Waals surface area (Å²) in [6.07, 6.45) is 0.218. The van der Waals surface area contributed by atoms with Crippen LogP contribution in [0.4, 0.5) is 0 Å². The van der Waals surface area contributed by atoms with Gasteiger partial charge in [0.2, 0.25) is 17.7 Å².